The van der Waals surface area contributed by atoms with Gasteiger partial charge >= 0.3 is 5.97 Å². The lowest BCUT2D eigenvalue weighted by atomic mass is 9.85. The van der Waals surface area contributed by atoms with Crippen LogP contribution in [0.15, 0.2) is 36.7 Å². The number of carbonyl (C=O) groups excluding carboxylic acids is 1. The molecule has 1 fully saturated rings. The summed E-state index contributed by atoms with van der Waals surface area (Å²) in [6.07, 6.45) is 4.43. The van der Waals surface area contributed by atoms with Crippen molar-refractivity contribution < 1.29 is 19.6 Å². The summed E-state index contributed by atoms with van der Waals surface area (Å²) >= 11 is 0. The van der Waals surface area contributed by atoms with E-state index in [1.165, 1.54) is 23.0 Å². The van der Waals surface area contributed by atoms with Crippen molar-refractivity contribution in [2.24, 2.45) is 0 Å². The van der Waals surface area contributed by atoms with E-state index in [9.17, 15) is 19.7 Å². The number of hydrogen-bond acceptors (Lipinski definition) is 6. The quantitative estimate of drug-likeness (QED) is 0.518. The van der Waals surface area contributed by atoms with Crippen LogP contribution in [-0.2, 0) is 4.79 Å². The number of nitro groups is 1. The summed E-state index contributed by atoms with van der Waals surface area (Å²) in [6.45, 7) is 2.57. The number of carbonyl (C=O) groups is 2. The Morgan fingerprint density at radius 3 is 2.61 bits per heavy atom. The third-order valence-electron chi connectivity index (χ3n) is 4.88. The second-order valence-electron chi connectivity index (χ2n) is 6.70. The van der Waals surface area contributed by atoms with Gasteiger partial charge in [-0.2, -0.15) is 5.10 Å². The fourth-order valence-electron chi connectivity index (χ4n) is 3.25. The van der Waals surface area contributed by atoms with E-state index in [4.69, 9.17) is 5.11 Å². The number of nitrogens with zero attached hydrogens (tertiary/aromatic N) is 4. The number of aliphatic carboxylic acids is 1. The Morgan fingerprint density at radius 2 is 2.04 bits per heavy atom. The summed E-state index contributed by atoms with van der Waals surface area (Å²) in [6, 6.07) is 6.04. The topological polar surface area (TPSA) is 131 Å². The van der Waals surface area contributed by atoms with Gasteiger partial charge in [0.1, 0.15) is 0 Å². The van der Waals surface area contributed by atoms with E-state index < -0.39 is 10.9 Å². The van der Waals surface area contributed by atoms with Crippen LogP contribution in [-0.4, -0.2) is 61.8 Å². The molecule has 0 saturated heterocycles. The Morgan fingerprint density at radius 1 is 1.36 bits per heavy atom. The third kappa shape index (κ3) is 4.34. The minimum Gasteiger partial charge on any atom is -0.480 e. The number of benzene rings is 1. The molecule has 2 aromatic rings. The molecule has 10 nitrogen and oxygen atoms in total. The summed E-state index contributed by atoms with van der Waals surface area (Å²) in [7, 11) is 0. The van der Waals surface area contributed by atoms with Gasteiger partial charge in [0.05, 0.1) is 28.9 Å². The average Bonchev–Trinajstić information content (AvgIpc) is 3.12. The normalized spacial score (nSPS) is 18.5. The van der Waals surface area contributed by atoms with Gasteiger partial charge in [0, 0.05) is 30.4 Å². The maximum Gasteiger partial charge on any atom is 0.317 e. The van der Waals surface area contributed by atoms with Crippen molar-refractivity contribution in [1.29, 1.82) is 0 Å². The number of likely N-dealkylation sites (N-methyl/N-ethyl adjacent to an activating group) is 1. The van der Waals surface area contributed by atoms with Crippen molar-refractivity contribution in [2.75, 3.05) is 13.1 Å². The van der Waals surface area contributed by atoms with Gasteiger partial charge in [-0.3, -0.25) is 24.6 Å². The van der Waals surface area contributed by atoms with Crippen LogP contribution in [0.5, 0.6) is 0 Å². The van der Waals surface area contributed by atoms with Gasteiger partial charge in [0.15, 0.2) is 0 Å². The number of carboxylic acids is 1. The molecule has 0 bridgehead atoms. The van der Waals surface area contributed by atoms with Gasteiger partial charge in [0.25, 0.3) is 11.6 Å². The lowest BCUT2D eigenvalue weighted by molar-refractivity contribution is -0.384. The van der Waals surface area contributed by atoms with Crippen LogP contribution in [0.1, 0.15) is 30.1 Å². The zero-order valence-corrected chi connectivity index (χ0v) is 15.3. The highest BCUT2D eigenvalue weighted by atomic mass is 16.6. The van der Waals surface area contributed by atoms with Gasteiger partial charge in [0.2, 0.25) is 0 Å². The standard InChI is InChI=1S/C18H21N5O5/c1-2-21(11-17(24)25)16-7-13(8-16)20-18(26)12-9-19-22(10-12)14-3-5-15(6-4-14)23(27)28/h3-6,9-10,13,16H,2,7-8,11H2,1H3,(H,20,26)(H,24,25). The zero-order chi connectivity index (χ0) is 20.3. The molecular formula is C18H21N5O5. The van der Waals surface area contributed by atoms with Crippen LogP contribution >= 0.6 is 0 Å². The molecule has 28 heavy (non-hydrogen) atoms. The van der Waals surface area contributed by atoms with Gasteiger partial charge in [-0.1, -0.05) is 6.92 Å². The smallest absolute Gasteiger partial charge is 0.317 e. The van der Waals surface area contributed by atoms with E-state index in [-0.39, 0.29) is 30.2 Å². The van der Waals surface area contributed by atoms with Gasteiger partial charge in [-0.05, 0) is 31.5 Å². The van der Waals surface area contributed by atoms with Crippen LogP contribution in [0.2, 0.25) is 0 Å². The van der Waals surface area contributed by atoms with E-state index in [1.54, 1.807) is 18.3 Å². The van der Waals surface area contributed by atoms with Gasteiger partial charge < -0.3 is 10.4 Å². The van der Waals surface area contributed by atoms with E-state index >= 15 is 0 Å². The Kier molecular flexibility index (Phi) is 5.69. The second-order valence-corrected chi connectivity index (χ2v) is 6.70. The summed E-state index contributed by atoms with van der Waals surface area (Å²) in [5.41, 5.74) is 0.984. The second kappa shape index (κ2) is 8.17. The van der Waals surface area contributed by atoms with Crippen LogP contribution in [0.3, 0.4) is 0 Å². The molecule has 1 amide bonds. The first-order valence-corrected chi connectivity index (χ1v) is 8.93. The molecule has 0 unspecified atom stereocenters. The molecule has 0 spiro atoms. The van der Waals surface area contributed by atoms with Crippen molar-refractivity contribution in [2.45, 2.75) is 31.8 Å². The highest BCUT2D eigenvalue weighted by Gasteiger charge is 2.34. The number of carboxylic acid groups (broad SMARTS) is 1. The zero-order valence-electron chi connectivity index (χ0n) is 15.3. The summed E-state index contributed by atoms with van der Waals surface area (Å²) < 4.78 is 1.48. The van der Waals surface area contributed by atoms with Crippen LogP contribution in [0.25, 0.3) is 5.69 Å². The first-order chi connectivity index (χ1) is 13.4. The number of nitrogens with one attached hydrogen (secondary N) is 1. The average molecular weight is 387 g/mol. The molecule has 3 rings (SSSR count). The van der Waals surface area contributed by atoms with Crippen molar-refractivity contribution in [1.82, 2.24) is 20.0 Å². The monoisotopic (exact) mass is 387 g/mol. The van der Waals surface area contributed by atoms with Crippen LogP contribution in [0, 0.1) is 10.1 Å². The van der Waals surface area contributed by atoms with Gasteiger partial charge in [-0.15, -0.1) is 0 Å². The van der Waals surface area contributed by atoms with Crippen LogP contribution < -0.4 is 5.32 Å². The fourth-order valence-corrected chi connectivity index (χ4v) is 3.25. The molecule has 2 N–H and O–H groups in total. The molecule has 148 valence electrons. The van der Waals surface area contributed by atoms with E-state index in [0.29, 0.717) is 30.6 Å². The summed E-state index contributed by atoms with van der Waals surface area (Å²) in [5.74, 6) is -1.11. The Balaban J connectivity index is 1.55. The predicted octanol–water partition coefficient (Wildman–Crippen LogP) is 1.45. The highest BCUT2D eigenvalue weighted by Crippen LogP contribution is 2.26. The fraction of sp³-hybridized carbons (Fsp3) is 0.389. The first-order valence-electron chi connectivity index (χ1n) is 8.93. The molecule has 1 heterocycles. The summed E-state index contributed by atoms with van der Waals surface area (Å²) in [4.78, 5) is 35.4. The maximum absolute atomic E-state index is 12.4. The van der Waals surface area contributed by atoms with E-state index in [2.05, 4.69) is 10.4 Å². The van der Waals surface area contributed by atoms with Crippen molar-refractivity contribution in [3.05, 3.63) is 52.3 Å². The van der Waals surface area contributed by atoms with Gasteiger partial charge in [-0.25, -0.2) is 4.68 Å². The largest absolute Gasteiger partial charge is 0.480 e. The SMILES string of the molecule is CCN(CC(=O)O)C1CC(NC(=O)c2cnn(-c3ccc([N+](=O)[O-])cc3)c2)C1. The number of rotatable bonds is 8. The van der Waals surface area contributed by atoms with E-state index in [0.717, 1.165) is 0 Å². The number of non-ortho nitro benzene ring substituents is 1. The third-order valence-corrected chi connectivity index (χ3v) is 4.88. The van der Waals surface area contributed by atoms with Crippen molar-refractivity contribution in [3.8, 4) is 5.69 Å². The molecule has 1 aromatic carbocycles. The molecular weight excluding hydrogens is 366 g/mol. The highest BCUT2D eigenvalue weighted by molar-refractivity contribution is 5.94. The molecule has 0 radical (unpaired) electrons. The number of amides is 1. The van der Waals surface area contributed by atoms with Crippen molar-refractivity contribution in [3.63, 3.8) is 0 Å². The molecule has 10 heteroatoms. The molecule has 1 saturated carbocycles. The predicted molar refractivity (Wildman–Crippen MR) is 99.4 cm³/mol. The van der Waals surface area contributed by atoms with Crippen LogP contribution in [0.4, 0.5) is 5.69 Å². The number of aromatic nitrogens is 2. The lowest BCUT2D eigenvalue weighted by Crippen LogP contribution is -2.54. The minimum atomic E-state index is -0.854. The van der Waals surface area contributed by atoms with Crippen molar-refractivity contribution >= 4 is 17.6 Å². The van der Waals surface area contributed by atoms with E-state index in [1.807, 2.05) is 11.8 Å². The number of hydrogen-bond donors (Lipinski definition) is 2. The Hall–Kier alpha value is -3.27. The Labute approximate surface area is 160 Å². The number of nitro benzene ring substituents is 1. The molecule has 1 aliphatic carbocycles. The summed E-state index contributed by atoms with van der Waals surface area (Å²) in [5, 5.41) is 26.7. The molecule has 1 aliphatic rings. The first kappa shape index (κ1) is 19.5. The molecule has 0 aliphatic heterocycles. The molecule has 1 aromatic heterocycles. The Bertz CT molecular complexity index is 873. The molecule has 0 atom stereocenters. The maximum atomic E-state index is 12.4. The minimum absolute atomic E-state index is 0.00284. The lowest BCUT2D eigenvalue weighted by Gasteiger charge is -2.42.